The van der Waals surface area contributed by atoms with E-state index in [1.54, 1.807) is 11.8 Å². The van der Waals surface area contributed by atoms with E-state index < -0.39 is 0 Å². The third-order valence-electron chi connectivity index (χ3n) is 2.71. The van der Waals surface area contributed by atoms with Crippen molar-refractivity contribution in [3.63, 3.8) is 0 Å². The molecule has 4 heteroatoms. The molecule has 0 heterocycles. The summed E-state index contributed by atoms with van der Waals surface area (Å²) in [5, 5.41) is 9.35. The van der Waals surface area contributed by atoms with Crippen molar-refractivity contribution < 1.29 is 0 Å². The Bertz CT molecular complexity index is 424. The number of benzene rings is 1. The number of nitriles is 1. The Hall–Kier alpha value is -1.18. The quantitative estimate of drug-likeness (QED) is 0.738. The van der Waals surface area contributed by atoms with Gasteiger partial charge in [-0.1, -0.05) is 13.0 Å². The van der Waals surface area contributed by atoms with Gasteiger partial charge in [-0.05, 0) is 32.0 Å². The molecule has 0 N–H and O–H groups in total. The van der Waals surface area contributed by atoms with Gasteiger partial charge in [0.1, 0.15) is 6.07 Å². The van der Waals surface area contributed by atoms with E-state index in [2.05, 4.69) is 36.9 Å². The zero-order valence-electron chi connectivity index (χ0n) is 11.6. The third kappa shape index (κ3) is 3.94. The molecule has 3 nitrogen and oxygen atoms in total. The molecule has 0 saturated heterocycles. The normalized spacial score (nSPS) is 10.4. The Kier molecular flexibility index (Phi) is 6.03. The summed E-state index contributed by atoms with van der Waals surface area (Å²) in [6.07, 6.45) is 0. The lowest BCUT2D eigenvalue weighted by Gasteiger charge is -2.23. The maximum absolute atomic E-state index is 9.35. The molecule has 98 valence electrons. The zero-order chi connectivity index (χ0) is 13.5. The van der Waals surface area contributed by atoms with Crippen LogP contribution in [0.3, 0.4) is 0 Å². The van der Waals surface area contributed by atoms with E-state index in [1.165, 1.54) is 0 Å². The summed E-state index contributed by atoms with van der Waals surface area (Å²) in [6, 6.07) is 8.42. The summed E-state index contributed by atoms with van der Waals surface area (Å²) < 4.78 is 0. The van der Waals surface area contributed by atoms with E-state index in [-0.39, 0.29) is 0 Å². The molecule has 0 spiro atoms. The lowest BCUT2D eigenvalue weighted by Crippen LogP contribution is -2.29. The molecular formula is C14H21N3S. The minimum absolute atomic E-state index is 0.797. The fourth-order valence-corrected chi connectivity index (χ4v) is 2.48. The first-order valence-electron chi connectivity index (χ1n) is 6.12. The minimum Gasteiger partial charge on any atom is -0.372 e. The fraction of sp³-hybridized carbons (Fsp3) is 0.500. The molecule has 18 heavy (non-hydrogen) atoms. The van der Waals surface area contributed by atoms with Crippen LogP contribution in [0.2, 0.25) is 0 Å². The van der Waals surface area contributed by atoms with Crippen molar-refractivity contribution in [3.05, 3.63) is 23.8 Å². The average molecular weight is 263 g/mol. The Morgan fingerprint density at radius 2 is 1.94 bits per heavy atom. The van der Waals surface area contributed by atoms with Crippen LogP contribution in [0, 0.1) is 11.3 Å². The van der Waals surface area contributed by atoms with Gasteiger partial charge in [-0.2, -0.15) is 5.26 Å². The molecule has 1 aromatic rings. The van der Waals surface area contributed by atoms with E-state index in [1.807, 2.05) is 25.2 Å². The van der Waals surface area contributed by atoms with Crippen LogP contribution >= 0.6 is 11.8 Å². The molecule has 1 aromatic carbocycles. The molecule has 0 aliphatic carbocycles. The second-order valence-corrected chi connectivity index (χ2v) is 5.73. The molecule has 0 aromatic heterocycles. The lowest BCUT2D eigenvalue weighted by molar-refractivity contribution is 0.416. The van der Waals surface area contributed by atoms with E-state index in [0.717, 1.165) is 35.0 Å². The van der Waals surface area contributed by atoms with Crippen LogP contribution in [0.1, 0.15) is 12.5 Å². The van der Waals surface area contributed by atoms with Gasteiger partial charge in [-0.25, -0.2) is 0 Å². The molecule has 0 fully saturated rings. The Morgan fingerprint density at radius 3 is 2.50 bits per heavy atom. The highest BCUT2D eigenvalue weighted by molar-refractivity contribution is 7.99. The van der Waals surface area contributed by atoms with Crippen LogP contribution in [-0.4, -0.2) is 44.9 Å². The van der Waals surface area contributed by atoms with Gasteiger partial charge in [0.05, 0.1) is 11.3 Å². The Labute approximate surface area is 114 Å². The van der Waals surface area contributed by atoms with Crippen LogP contribution in [-0.2, 0) is 0 Å². The van der Waals surface area contributed by atoms with Gasteiger partial charge in [-0.15, -0.1) is 11.8 Å². The molecule has 0 radical (unpaired) electrons. The summed E-state index contributed by atoms with van der Waals surface area (Å²) in [5.41, 5.74) is 1.82. The first-order chi connectivity index (χ1) is 8.60. The summed E-state index contributed by atoms with van der Waals surface area (Å²) in [4.78, 5) is 5.38. The molecule has 0 aliphatic heterocycles. The van der Waals surface area contributed by atoms with Gasteiger partial charge >= 0.3 is 0 Å². The lowest BCUT2D eigenvalue weighted by atomic mass is 10.2. The Morgan fingerprint density at radius 1 is 1.22 bits per heavy atom. The van der Waals surface area contributed by atoms with Crippen molar-refractivity contribution in [1.29, 1.82) is 5.26 Å². The monoisotopic (exact) mass is 263 g/mol. The maximum atomic E-state index is 9.35. The number of anilines is 1. The van der Waals surface area contributed by atoms with Crippen molar-refractivity contribution in [2.45, 2.75) is 11.8 Å². The van der Waals surface area contributed by atoms with Crippen LogP contribution in [0.5, 0.6) is 0 Å². The van der Waals surface area contributed by atoms with Crippen molar-refractivity contribution in [2.24, 2.45) is 0 Å². The summed E-state index contributed by atoms with van der Waals surface area (Å²) in [6.45, 7) is 4.00. The third-order valence-corrected chi connectivity index (χ3v) is 3.65. The molecule has 0 atom stereocenters. The van der Waals surface area contributed by atoms with Crippen molar-refractivity contribution in [3.8, 4) is 6.07 Å². The molecular weight excluding hydrogens is 242 g/mol. The SMILES string of the molecule is CCSc1cccc(N(C)CCN(C)C)c1C#N. The highest BCUT2D eigenvalue weighted by Crippen LogP contribution is 2.29. The van der Waals surface area contributed by atoms with Gasteiger partial charge in [-0.3, -0.25) is 0 Å². The van der Waals surface area contributed by atoms with Crippen LogP contribution in [0.25, 0.3) is 0 Å². The number of hydrogen-bond acceptors (Lipinski definition) is 4. The first kappa shape index (κ1) is 14.9. The molecule has 1 rings (SSSR count). The standard InChI is InChI=1S/C14H21N3S/c1-5-18-14-8-6-7-13(12(14)11-15)17(4)10-9-16(2)3/h6-8H,5,9-10H2,1-4H3. The van der Waals surface area contributed by atoms with Crippen LogP contribution < -0.4 is 4.90 Å². The fourth-order valence-electron chi connectivity index (χ4n) is 1.70. The molecule has 0 aliphatic rings. The average Bonchev–Trinajstić information content (AvgIpc) is 2.36. The zero-order valence-corrected chi connectivity index (χ0v) is 12.4. The second-order valence-electron chi connectivity index (χ2n) is 4.42. The van der Waals surface area contributed by atoms with Crippen molar-refractivity contribution in [1.82, 2.24) is 4.90 Å². The predicted molar refractivity (Wildman–Crippen MR) is 79.4 cm³/mol. The summed E-state index contributed by atoms with van der Waals surface area (Å²) in [7, 11) is 6.16. The van der Waals surface area contributed by atoms with Crippen LogP contribution in [0.15, 0.2) is 23.1 Å². The van der Waals surface area contributed by atoms with Crippen molar-refractivity contribution >= 4 is 17.4 Å². The molecule has 0 saturated carbocycles. The molecule has 0 unspecified atom stereocenters. The van der Waals surface area contributed by atoms with Crippen LogP contribution in [0.4, 0.5) is 5.69 Å². The predicted octanol–water partition coefficient (Wildman–Crippen LogP) is 2.67. The highest BCUT2D eigenvalue weighted by atomic mass is 32.2. The van der Waals surface area contributed by atoms with Gasteiger partial charge < -0.3 is 9.80 Å². The van der Waals surface area contributed by atoms with E-state index in [9.17, 15) is 5.26 Å². The Balaban J connectivity index is 2.94. The summed E-state index contributed by atoms with van der Waals surface area (Å²) >= 11 is 1.72. The number of thioether (sulfide) groups is 1. The van der Waals surface area contributed by atoms with E-state index in [4.69, 9.17) is 0 Å². The first-order valence-corrected chi connectivity index (χ1v) is 7.10. The topological polar surface area (TPSA) is 30.3 Å². The number of likely N-dealkylation sites (N-methyl/N-ethyl adjacent to an activating group) is 2. The largest absolute Gasteiger partial charge is 0.372 e. The minimum atomic E-state index is 0.797. The van der Waals surface area contributed by atoms with Crippen molar-refractivity contribution in [2.75, 3.05) is 44.9 Å². The number of hydrogen-bond donors (Lipinski definition) is 0. The molecule has 0 amide bonds. The van der Waals surface area contributed by atoms with Gasteiger partial charge in [0.2, 0.25) is 0 Å². The van der Waals surface area contributed by atoms with Gasteiger partial charge in [0.25, 0.3) is 0 Å². The number of nitrogens with zero attached hydrogens (tertiary/aromatic N) is 3. The second kappa shape index (κ2) is 7.30. The maximum Gasteiger partial charge on any atom is 0.103 e. The van der Waals surface area contributed by atoms with Gasteiger partial charge in [0, 0.05) is 25.0 Å². The smallest absolute Gasteiger partial charge is 0.103 e. The highest BCUT2D eigenvalue weighted by Gasteiger charge is 2.11. The van der Waals surface area contributed by atoms with E-state index >= 15 is 0 Å². The van der Waals surface area contributed by atoms with E-state index in [0.29, 0.717) is 0 Å². The number of rotatable bonds is 6. The molecule has 0 bridgehead atoms. The summed E-state index contributed by atoms with van der Waals surface area (Å²) in [5.74, 6) is 0.986. The van der Waals surface area contributed by atoms with Gasteiger partial charge in [0.15, 0.2) is 0 Å².